The Kier molecular flexibility index (Phi) is 5.83. The Hall–Kier alpha value is -0.700. The van der Waals surface area contributed by atoms with Gasteiger partial charge in [-0.3, -0.25) is 5.32 Å². The van der Waals surface area contributed by atoms with Gasteiger partial charge in [0.05, 0.1) is 19.5 Å². The molecule has 1 rings (SSSR count). The van der Waals surface area contributed by atoms with Crippen molar-refractivity contribution in [2.75, 3.05) is 19.8 Å². The van der Waals surface area contributed by atoms with Crippen molar-refractivity contribution in [3.8, 4) is 0 Å². The molecule has 7 nitrogen and oxygen atoms in total. The average molecular weight is 249 g/mol. The molecule has 1 heterocycles. The highest BCUT2D eigenvalue weighted by Gasteiger charge is 2.42. The van der Waals surface area contributed by atoms with E-state index in [4.69, 9.17) is 14.6 Å². The minimum Gasteiger partial charge on any atom is -0.500 e. The summed E-state index contributed by atoms with van der Waals surface area (Å²) in [4.78, 5) is 0. The summed E-state index contributed by atoms with van der Waals surface area (Å²) in [6.45, 7) is 3.63. The Labute approximate surface area is 99.3 Å². The third kappa shape index (κ3) is 3.63. The summed E-state index contributed by atoms with van der Waals surface area (Å²) < 4.78 is 10.1. The van der Waals surface area contributed by atoms with Crippen LogP contribution >= 0.6 is 0 Å². The van der Waals surface area contributed by atoms with E-state index in [1.54, 1.807) is 0 Å². The number of aliphatic hydroxyl groups is 4. The van der Waals surface area contributed by atoms with Gasteiger partial charge in [0.2, 0.25) is 0 Å². The number of hydrogen-bond acceptors (Lipinski definition) is 7. The topological polar surface area (TPSA) is 111 Å². The first-order chi connectivity index (χ1) is 8.11. The van der Waals surface area contributed by atoms with Gasteiger partial charge in [-0.25, -0.2) is 0 Å². The van der Waals surface area contributed by atoms with Crippen molar-refractivity contribution in [1.82, 2.24) is 5.32 Å². The third-order valence-corrected chi connectivity index (χ3v) is 2.58. The van der Waals surface area contributed by atoms with Crippen molar-refractivity contribution < 1.29 is 29.9 Å². The quantitative estimate of drug-likeness (QED) is 0.262. The SMILES string of the molecule is C=COCCN[C@@H]1O[C@H](CO)[C@@H](O)[C@H](O)[C@H]1O. The largest absolute Gasteiger partial charge is 0.500 e. The molecule has 0 aliphatic carbocycles. The Morgan fingerprint density at radius 3 is 2.53 bits per heavy atom. The van der Waals surface area contributed by atoms with E-state index >= 15 is 0 Å². The summed E-state index contributed by atoms with van der Waals surface area (Å²) in [5.41, 5.74) is 0. The zero-order chi connectivity index (χ0) is 12.8. The van der Waals surface area contributed by atoms with Crippen molar-refractivity contribution in [3.63, 3.8) is 0 Å². The van der Waals surface area contributed by atoms with Gasteiger partial charge in [-0.15, -0.1) is 0 Å². The van der Waals surface area contributed by atoms with Crippen LogP contribution in [-0.2, 0) is 9.47 Å². The lowest BCUT2D eigenvalue weighted by Gasteiger charge is -2.40. The fourth-order valence-electron chi connectivity index (χ4n) is 1.61. The Bertz CT molecular complexity index is 237. The molecule has 0 aromatic carbocycles. The van der Waals surface area contributed by atoms with Gasteiger partial charge in [0.1, 0.15) is 30.6 Å². The first-order valence-electron chi connectivity index (χ1n) is 5.38. The van der Waals surface area contributed by atoms with Gasteiger partial charge in [0.25, 0.3) is 0 Å². The predicted molar refractivity (Wildman–Crippen MR) is 57.9 cm³/mol. The molecule has 0 saturated carbocycles. The maximum Gasteiger partial charge on any atom is 0.137 e. The van der Waals surface area contributed by atoms with Gasteiger partial charge in [-0.1, -0.05) is 6.58 Å². The highest BCUT2D eigenvalue weighted by Crippen LogP contribution is 2.19. The smallest absolute Gasteiger partial charge is 0.137 e. The lowest BCUT2D eigenvalue weighted by molar-refractivity contribution is -0.236. The van der Waals surface area contributed by atoms with E-state index in [9.17, 15) is 15.3 Å². The second kappa shape index (κ2) is 6.90. The predicted octanol–water partition coefficient (Wildman–Crippen LogP) is -2.46. The van der Waals surface area contributed by atoms with Crippen molar-refractivity contribution in [1.29, 1.82) is 0 Å². The number of hydrogen-bond donors (Lipinski definition) is 5. The lowest BCUT2D eigenvalue weighted by Crippen LogP contribution is -2.62. The Morgan fingerprint density at radius 1 is 1.24 bits per heavy atom. The van der Waals surface area contributed by atoms with Crippen LogP contribution in [0.3, 0.4) is 0 Å². The maximum absolute atomic E-state index is 9.64. The summed E-state index contributed by atoms with van der Waals surface area (Å²) in [6, 6.07) is 0. The molecule has 100 valence electrons. The minimum absolute atomic E-state index is 0.332. The van der Waals surface area contributed by atoms with Crippen LogP contribution in [0.4, 0.5) is 0 Å². The average Bonchev–Trinajstić information content (AvgIpc) is 2.34. The van der Waals surface area contributed by atoms with E-state index < -0.39 is 37.3 Å². The van der Waals surface area contributed by atoms with Crippen LogP contribution in [0.15, 0.2) is 12.8 Å². The first kappa shape index (κ1) is 14.4. The zero-order valence-electron chi connectivity index (χ0n) is 9.40. The summed E-state index contributed by atoms with van der Waals surface area (Å²) in [7, 11) is 0. The van der Waals surface area contributed by atoms with Crippen LogP contribution in [0.25, 0.3) is 0 Å². The molecule has 1 fully saturated rings. The molecular weight excluding hydrogens is 230 g/mol. The summed E-state index contributed by atoms with van der Waals surface area (Å²) in [5.74, 6) is 0. The molecule has 1 aliphatic heterocycles. The van der Waals surface area contributed by atoms with Crippen molar-refractivity contribution >= 4 is 0 Å². The molecule has 5 atom stereocenters. The third-order valence-electron chi connectivity index (χ3n) is 2.58. The van der Waals surface area contributed by atoms with Gasteiger partial charge in [-0.05, 0) is 0 Å². The number of rotatable bonds is 6. The van der Waals surface area contributed by atoms with E-state index in [0.717, 1.165) is 0 Å². The van der Waals surface area contributed by atoms with E-state index in [0.29, 0.717) is 13.2 Å². The van der Waals surface area contributed by atoms with E-state index in [2.05, 4.69) is 11.9 Å². The van der Waals surface area contributed by atoms with E-state index in [1.165, 1.54) is 6.26 Å². The molecule has 0 amide bonds. The van der Waals surface area contributed by atoms with Crippen molar-refractivity contribution in [2.45, 2.75) is 30.6 Å². The van der Waals surface area contributed by atoms with Crippen LogP contribution in [0.1, 0.15) is 0 Å². The van der Waals surface area contributed by atoms with Gasteiger partial charge in [-0.2, -0.15) is 0 Å². The summed E-state index contributed by atoms with van der Waals surface area (Å²) in [6.07, 6.45) is -4.44. The molecule has 1 aliphatic rings. The second-order valence-electron chi connectivity index (χ2n) is 3.74. The van der Waals surface area contributed by atoms with Crippen LogP contribution in [0.2, 0.25) is 0 Å². The molecule has 0 bridgehead atoms. The summed E-state index contributed by atoms with van der Waals surface area (Å²) in [5, 5.41) is 40.4. The van der Waals surface area contributed by atoms with Gasteiger partial charge >= 0.3 is 0 Å². The molecule has 1 saturated heterocycles. The molecule has 0 radical (unpaired) electrons. The van der Waals surface area contributed by atoms with E-state index in [1.807, 2.05) is 0 Å². The van der Waals surface area contributed by atoms with Gasteiger partial charge in [0, 0.05) is 6.54 Å². The normalized spacial score (nSPS) is 37.8. The highest BCUT2D eigenvalue weighted by molar-refractivity contribution is 4.90. The van der Waals surface area contributed by atoms with Crippen LogP contribution in [-0.4, -0.2) is 70.8 Å². The van der Waals surface area contributed by atoms with Gasteiger partial charge in [0.15, 0.2) is 0 Å². The summed E-state index contributed by atoms with van der Waals surface area (Å²) >= 11 is 0. The molecule has 5 N–H and O–H groups in total. The molecule has 0 aromatic heterocycles. The standard InChI is InChI=1S/C10H19NO6/c1-2-16-4-3-11-10-9(15)8(14)7(13)6(5-12)17-10/h2,6-15H,1,3-5H2/t6-,7-,8+,9-,10-/m1/s1. The zero-order valence-corrected chi connectivity index (χ0v) is 9.40. The van der Waals surface area contributed by atoms with Crippen molar-refractivity contribution in [3.05, 3.63) is 12.8 Å². The van der Waals surface area contributed by atoms with Gasteiger partial charge < -0.3 is 29.9 Å². The fraction of sp³-hybridized carbons (Fsp3) is 0.800. The first-order valence-corrected chi connectivity index (χ1v) is 5.38. The second-order valence-corrected chi connectivity index (χ2v) is 3.74. The minimum atomic E-state index is -1.36. The van der Waals surface area contributed by atoms with Crippen LogP contribution in [0, 0.1) is 0 Å². The Balaban J connectivity index is 2.44. The molecule has 17 heavy (non-hydrogen) atoms. The van der Waals surface area contributed by atoms with Crippen molar-refractivity contribution in [2.24, 2.45) is 0 Å². The lowest BCUT2D eigenvalue weighted by atomic mass is 9.98. The van der Waals surface area contributed by atoms with E-state index in [-0.39, 0.29) is 0 Å². The van der Waals surface area contributed by atoms with Crippen LogP contribution < -0.4 is 5.32 Å². The molecule has 7 heteroatoms. The maximum atomic E-state index is 9.64. The molecule has 0 unspecified atom stereocenters. The Morgan fingerprint density at radius 2 is 1.94 bits per heavy atom. The molecule has 0 spiro atoms. The highest BCUT2D eigenvalue weighted by atomic mass is 16.6. The number of ether oxygens (including phenoxy) is 2. The fourth-order valence-corrected chi connectivity index (χ4v) is 1.61. The molecular formula is C10H19NO6. The number of aliphatic hydroxyl groups excluding tert-OH is 4. The number of nitrogens with one attached hydrogen (secondary N) is 1. The molecule has 0 aromatic rings. The monoisotopic (exact) mass is 249 g/mol. The van der Waals surface area contributed by atoms with Crippen LogP contribution in [0.5, 0.6) is 0 Å².